The lowest BCUT2D eigenvalue weighted by Crippen LogP contribution is -2.55. The standard InChI is InChI=1S/C51H41ClN2O8/c1-60-38-18-22-43(61-2)30(25-38)14-11-29-12-15-35(16-13-29)53-47(56)40-20-19-39-41(45(40)49(53)58)27-42-48(57)54(36-10-6-9-34(52)26-36)50(59)51(42,33-7-4-3-5-8-33)46(39)32-23-31-24-37(55)17-21-44(31)62-28-32/h3-19,21-22,24-26,28,40-42,45-46,55H,20,23,27H2,1-2H3/t40-,41+,42-,45-,46-,51+/m0/s1. The van der Waals surface area contributed by atoms with Crippen LogP contribution in [0.5, 0.6) is 23.0 Å². The van der Waals surface area contributed by atoms with Crippen LogP contribution >= 0.6 is 11.6 Å². The van der Waals surface area contributed by atoms with Crippen LogP contribution in [0.2, 0.25) is 5.02 Å². The lowest BCUT2D eigenvalue weighted by molar-refractivity contribution is -0.128. The van der Waals surface area contributed by atoms with Crippen molar-refractivity contribution in [1.29, 1.82) is 0 Å². The summed E-state index contributed by atoms with van der Waals surface area (Å²) >= 11 is 6.47. The zero-order chi connectivity index (χ0) is 42.9. The number of rotatable bonds is 8. The number of phenols is 1. The molecule has 6 atom stereocenters. The number of hydrogen-bond donors (Lipinski definition) is 1. The summed E-state index contributed by atoms with van der Waals surface area (Å²) in [4.78, 5) is 62.6. The van der Waals surface area contributed by atoms with Crippen molar-refractivity contribution in [3.8, 4) is 23.0 Å². The van der Waals surface area contributed by atoms with Gasteiger partial charge in [-0.05, 0) is 102 Å². The Kier molecular flexibility index (Phi) is 9.63. The Morgan fingerprint density at radius 3 is 2.34 bits per heavy atom. The highest BCUT2D eigenvalue weighted by molar-refractivity contribution is 6.32. The van der Waals surface area contributed by atoms with Crippen molar-refractivity contribution in [2.45, 2.75) is 24.7 Å². The second-order valence-electron chi connectivity index (χ2n) is 16.4. The van der Waals surface area contributed by atoms with Crippen LogP contribution in [0.25, 0.3) is 12.2 Å². The molecule has 3 heterocycles. The molecular formula is C51H41ClN2O8. The average molecular weight is 845 g/mol. The first-order valence-corrected chi connectivity index (χ1v) is 20.9. The quantitative estimate of drug-likeness (QED) is 0.0934. The number of benzene rings is 5. The van der Waals surface area contributed by atoms with Gasteiger partial charge in [0.05, 0.1) is 55.0 Å². The average Bonchev–Trinajstić information content (AvgIpc) is 3.68. The number of carbonyl (C=O) groups excluding carboxylic acids is 4. The normalized spacial score (nSPS) is 25.1. The SMILES string of the molecule is COc1ccc(OC)c(C=Cc2ccc(N3C(=O)[C@H]4[C@H](CC=C5[C@H](C6=COc7ccc(O)cc7C6)[C@]6(c7ccccc7)C(=O)N(c7cccc(Cl)c7)C(=O)[C@@H]6C[C@H]54)C3=O)cc2)c1. The summed E-state index contributed by atoms with van der Waals surface area (Å²) in [6, 6.07) is 33.8. The molecule has 10 nitrogen and oxygen atoms in total. The van der Waals surface area contributed by atoms with E-state index in [-0.39, 0.29) is 30.4 Å². The monoisotopic (exact) mass is 844 g/mol. The molecule has 5 aromatic carbocycles. The van der Waals surface area contributed by atoms with Crippen LogP contribution < -0.4 is 24.0 Å². The van der Waals surface area contributed by atoms with Gasteiger partial charge in [-0.15, -0.1) is 0 Å². The van der Waals surface area contributed by atoms with Gasteiger partial charge >= 0.3 is 0 Å². The number of phenolic OH excluding ortho intramolecular Hbond substituents is 1. The number of allylic oxidation sites excluding steroid dienone is 3. The Morgan fingerprint density at radius 1 is 0.774 bits per heavy atom. The van der Waals surface area contributed by atoms with Crippen LogP contribution in [0, 0.1) is 29.6 Å². The minimum atomic E-state index is -1.44. The van der Waals surface area contributed by atoms with Gasteiger partial charge in [-0.3, -0.25) is 24.1 Å². The van der Waals surface area contributed by atoms with Gasteiger partial charge in [0.15, 0.2) is 0 Å². The molecule has 10 rings (SSSR count). The van der Waals surface area contributed by atoms with Gasteiger partial charge < -0.3 is 19.3 Å². The molecule has 1 N–H and O–H groups in total. The third-order valence-electron chi connectivity index (χ3n) is 13.4. The zero-order valence-corrected chi connectivity index (χ0v) is 34.6. The predicted octanol–water partition coefficient (Wildman–Crippen LogP) is 8.95. The molecule has 4 amide bonds. The van der Waals surface area contributed by atoms with Crippen LogP contribution in [0.4, 0.5) is 11.4 Å². The summed E-state index contributed by atoms with van der Waals surface area (Å²) in [6.45, 7) is 0. The Bertz CT molecular complexity index is 2780. The van der Waals surface area contributed by atoms with Crippen molar-refractivity contribution < 1.29 is 38.5 Å². The zero-order valence-electron chi connectivity index (χ0n) is 33.9. The molecule has 0 spiro atoms. The minimum Gasteiger partial charge on any atom is -0.508 e. The van der Waals surface area contributed by atoms with Gasteiger partial charge in [0.1, 0.15) is 23.0 Å². The summed E-state index contributed by atoms with van der Waals surface area (Å²) < 4.78 is 17.2. The van der Waals surface area contributed by atoms with Gasteiger partial charge in [-0.1, -0.05) is 83.9 Å². The van der Waals surface area contributed by atoms with E-state index in [0.717, 1.165) is 27.8 Å². The summed E-state index contributed by atoms with van der Waals surface area (Å²) in [5.41, 5.74) is 3.98. The van der Waals surface area contributed by atoms with E-state index in [0.29, 0.717) is 45.6 Å². The molecule has 0 aromatic heterocycles. The van der Waals surface area contributed by atoms with E-state index in [2.05, 4.69) is 0 Å². The summed E-state index contributed by atoms with van der Waals surface area (Å²) in [6.07, 6.45) is 8.28. The first-order chi connectivity index (χ1) is 30.1. The van der Waals surface area contributed by atoms with Crippen molar-refractivity contribution >= 4 is 58.8 Å². The number of aromatic hydroxyl groups is 1. The second kappa shape index (κ2) is 15.2. The Hall–Kier alpha value is -6.91. The number of amides is 4. The fourth-order valence-corrected chi connectivity index (χ4v) is 10.9. The van der Waals surface area contributed by atoms with Gasteiger partial charge in [-0.25, -0.2) is 4.90 Å². The number of halogens is 1. The van der Waals surface area contributed by atoms with Gasteiger partial charge in [0.25, 0.3) is 0 Å². The fraction of sp³-hybridized carbons (Fsp3) is 0.216. The van der Waals surface area contributed by atoms with Gasteiger partial charge in [0, 0.05) is 28.5 Å². The minimum absolute atomic E-state index is 0.0704. The lowest BCUT2D eigenvalue weighted by atomic mass is 9.48. The third-order valence-corrected chi connectivity index (χ3v) is 13.6. The van der Waals surface area contributed by atoms with Crippen molar-refractivity contribution in [3.63, 3.8) is 0 Å². The maximum absolute atomic E-state index is 15.6. The molecule has 0 unspecified atom stereocenters. The van der Waals surface area contributed by atoms with Crippen molar-refractivity contribution in [2.75, 3.05) is 24.0 Å². The molecule has 2 saturated heterocycles. The third kappa shape index (κ3) is 6.07. The van der Waals surface area contributed by atoms with Gasteiger partial charge in [0.2, 0.25) is 23.6 Å². The van der Waals surface area contributed by atoms with Crippen molar-refractivity contribution in [1.82, 2.24) is 0 Å². The highest BCUT2D eigenvalue weighted by atomic mass is 35.5. The Morgan fingerprint density at radius 2 is 1.58 bits per heavy atom. The van der Waals surface area contributed by atoms with Crippen molar-refractivity contribution in [3.05, 3.63) is 166 Å². The van der Waals surface area contributed by atoms with E-state index in [1.165, 1.54) is 9.80 Å². The molecule has 0 bridgehead atoms. The number of fused-ring (bicyclic) bond motifs is 5. The highest BCUT2D eigenvalue weighted by Crippen LogP contribution is 2.64. The van der Waals surface area contributed by atoms with Crippen LogP contribution in [-0.2, 0) is 31.0 Å². The highest BCUT2D eigenvalue weighted by Gasteiger charge is 2.70. The number of ether oxygens (including phenoxy) is 3. The number of methoxy groups -OCH3 is 2. The molecule has 5 aromatic rings. The van der Waals surface area contributed by atoms with E-state index in [4.69, 9.17) is 25.8 Å². The summed E-state index contributed by atoms with van der Waals surface area (Å²) in [5, 5.41) is 10.9. The maximum Gasteiger partial charge on any atom is 0.246 e. The van der Waals surface area contributed by atoms with Crippen LogP contribution in [0.1, 0.15) is 35.1 Å². The topological polar surface area (TPSA) is 123 Å². The number of imide groups is 2. The molecule has 62 heavy (non-hydrogen) atoms. The first-order valence-electron chi connectivity index (χ1n) is 20.6. The van der Waals surface area contributed by atoms with Crippen LogP contribution in [-0.4, -0.2) is 43.0 Å². The predicted molar refractivity (Wildman–Crippen MR) is 235 cm³/mol. The fourth-order valence-electron chi connectivity index (χ4n) is 10.7. The molecule has 310 valence electrons. The van der Waals surface area contributed by atoms with Crippen LogP contribution in [0.3, 0.4) is 0 Å². The molecule has 3 fully saturated rings. The van der Waals surface area contributed by atoms with E-state index in [1.54, 1.807) is 75.1 Å². The number of hydrogen-bond acceptors (Lipinski definition) is 8. The molecule has 11 heteroatoms. The Balaban J connectivity index is 1.05. The number of nitrogens with zero attached hydrogens (tertiary/aromatic N) is 2. The molecular weight excluding hydrogens is 804 g/mol. The van der Waals surface area contributed by atoms with E-state index in [1.807, 2.05) is 78.9 Å². The molecule has 0 radical (unpaired) electrons. The Labute approximate surface area is 363 Å². The maximum atomic E-state index is 15.6. The smallest absolute Gasteiger partial charge is 0.246 e. The van der Waals surface area contributed by atoms with E-state index >= 15 is 9.59 Å². The summed E-state index contributed by atoms with van der Waals surface area (Å²) in [5.74, 6) is -3.05. The van der Waals surface area contributed by atoms with E-state index in [9.17, 15) is 14.7 Å². The molecule has 5 aliphatic rings. The number of carbonyl (C=O) groups is 4. The largest absolute Gasteiger partial charge is 0.508 e. The molecule has 1 saturated carbocycles. The lowest BCUT2D eigenvalue weighted by Gasteiger charge is -2.51. The molecule has 3 aliphatic heterocycles. The van der Waals surface area contributed by atoms with Gasteiger partial charge in [-0.2, -0.15) is 0 Å². The van der Waals surface area contributed by atoms with Crippen molar-refractivity contribution in [2.24, 2.45) is 29.6 Å². The summed E-state index contributed by atoms with van der Waals surface area (Å²) in [7, 11) is 3.21. The number of anilines is 2. The van der Waals surface area contributed by atoms with Crippen LogP contribution in [0.15, 0.2) is 139 Å². The second-order valence-corrected chi connectivity index (χ2v) is 16.9. The molecule has 2 aliphatic carbocycles. The first kappa shape index (κ1) is 39.2. The van der Waals surface area contributed by atoms with E-state index < -0.39 is 46.8 Å².